The molecule has 0 aliphatic heterocycles. The van der Waals surface area contributed by atoms with E-state index in [9.17, 15) is 0 Å². The van der Waals surface area contributed by atoms with E-state index in [1.165, 1.54) is 82.6 Å². The maximum Gasteiger partial charge on any atom is -0.0146 e. The Morgan fingerprint density at radius 3 is 2.23 bits per heavy atom. The van der Waals surface area contributed by atoms with E-state index in [0.29, 0.717) is 22.2 Å². The molecule has 0 unspecified atom stereocenters. The molecule has 4 atom stereocenters. The van der Waals surface area contributed by atoms with Gasteiger partial charge in [-0.1, -0.05) is 77.0 Å². The molecular formula is C30H50. The zero-order valence-corrected chi connectivity index (χ0v) is 21.2. The summed E-state index contributed by atoms with van der Waals surface area (Å²) in [6, 6.07) is 0. The van der Waals surface area contributed by atoms with Crippen molar-refractivity contribution in [1.82, 2.24) is 0 Å². The van der Waals surface area contributed by atoms with Crippen molar-refractivity contribution in [2.45, 2.75) is 119 Å². The number of hydrogen-bond acceptors (Lipinski definition) is 0. The molecule has 0 bridgehead atoms. The Kier molecular flexibility index (Phi) is 7.16. The SMILES string of the molecule is C=C1CCCC(C)(C)[C@@H]1CC/C(C)=C/CC[C@H]1C(=C)CC[C@H]2C(C)(C)CCC[C@]12C. The van der Waals surface area contributed by atoms with Crippen LogP contribution in [0.25, 0.3) is 0 Å². The van der Waals surface area contributed by atoms with Gasteiger partial charge in [0.1, 0.15) is 0 Å². The van der Waals surface area contributed by atoms with Gasteiger partial charge < -0.3 is 0 Å². The molecule has 0 heteroatoms. The van der Waals surface area contributed by atoms with E-state index < -0.39 is 0 Å². The van der Waals surface area contributed by atoms with Gasteiger partial charge in [0.25, 0.3) is 0 Å². The molecule has 0 spiro atoms. The third kappa shape index (κ3) is 4.83. The number of rotatable bonds is 6. The summed E-state index contributed by atoms with van der Waals surface area (Å²) in [5, 5.41) is 0. The minimum atomic E-state index is 0.437. The van der Waals surface area contributed by atoms with Crippen LogP contribution >= 0.6 is 0 Å². The van der Waals surface area contributed by atoms with Crippen molar-refractivity contribution in [2.24, 2.45) is 34.0 Å². The first-order valence-electron chi connectivity index (χ1n) is 13.0. The van der Waals surface area contributed by atoms with Gasteiger partial charge in [0.15, 0.2) is 0 Å². The van der Waals surface area contributed by atoms with Crippen LogP contribution in [0.1, 0.15) is 119 Å². The van der Waals surface area contributed by atoms with Gasteiger partial charge in [-0.2, -0.15) is 0 Å². The summed E-state index contributed by atoms with van der Waals surface area (Å²) in [6.45, 7) is 24.0. The summed E-state index contributed by atoms with van der Waals surface area (Å²) in [7, 11) is 0. The van der Waals surface area contributed by atoms with Crippen LogP contribution in [-0.2, 0) is 0 Å². The minimum absolute atomic E-state index is 0.437. The van der Waals surface area contributed by atoms with Gasteiger partial charge in [-0.25, -0.2) is 0 Å². The highest BCUT2D eigenvalue weighted by molar-refractivity contribution is 5.16. The highest BCUT2D eigenvalue weighted by Gasteiger charge is 2.52. The van der Waals surface area contributed by atoms with Crippen molar-refractivity contribution >= 4 is 0 Å². The van der Waals surface area contributed by atoms with Crippen LogP contribution < -0.4 is 0 Å². The third-order valence-corrected chi connectivity index (χ3v) is 9.85. The fourth-order valence-corrected chi connectivity index (χ4v) is 8.05. The van der Waals surface area contributed by atoms with E-state index in [1.54, 1.807) is 11.1 Å². The Hall–Kier alpha value is -0.780. The standard InChI is InChI=1S/C30H50/c1-22(15-17-25-23(2)13-10-19-28(25,4)5)12-9-14-26-24(3)16-18-27-29(6,7)20-11-21-30(26,27)8/h12,25-27H,2-3,9-11,13-21H2,1,4-8H3/b22-12+/t25-,26+,27+,30-/m1/s1. The molecule has 3 aliphatic carbocycles. The molecule has 0 nitrogen and oxygen atoms in total. The first-order chi connectivity index (χ1) is 14.0. The molecular weight excluding hydrogens is 360 g/mol. The van der Waals surface area contributed by atoms with Crippen molar-refractivity contribution in [2.75, 3.05) is 0 Å². The predicted molar refractivity (Wildman–Crippen MR) is 134 cm³/mol. The Morgan fingerprint density at radius 1 is 0.867 bits per heavy atom. The van der Waals surface area contributed by atoms with Gasteiger partial charge in [-0.15, -0.1) is 0 Å². The monoisotopic (exact) mass is 410 g/mol. The van der Waals surface area contributed by atoms with Crippen molar-refractivity contribution in [3.05, 3.63) is 36.0 Å². The normalized spacial score (nSPS) is 36.5. The van der Waals surface area contributed by atoms with Gasteiger partial charge >= 0.3 is 0 Å². The second kappa shape index (κ2) is 8.99. The van der Waals surface area contributed by atoms with Crippen LogP contribution in [0.15, 0.2) is 36.0 Å². The maximum atomic E-state index is 4.57. The predicted octanol–water partition coefficient (Wildman–Crippen LogP) is 9.67. The zero-order valence-electron chi connectivity index (χ0n) is 21.2. The molecule has 0 saturated heterocycles. The number of fused-ring (bicyclic) bond motifs is 1. The first-order valence-corrected chi connectivity index (χ1v) is 13.0. The second-order valence-electron chi connectivity index (χ2n) is 12.9. The molecule has 0 N–H and O–H groups in total. The lowest BCUT2D eigenvalue weighted by molar-refractivity contribution is -0.0537. The lowest BCUT2D eigenvalue weighted by Gasteiger charge is -2.58. The molecule has 0 aromatic heterocycles. The largest absolute Gasteiger partial charge is 0.0996 e. The summed E-state index contributed by atoms with van der Waals surface area (Å²) < 4.78 is 0. The average molecular weight is 411 g/mol. The molecule has 3 saturated carbocycles. The Labute approximate surface area is 188 Å². The first kappa shape index (κ1) is 23.9. The molecule has 3 aliphatic rings. The van der Waals surface area contributed by atoms with E-state index >= 15 is 0 Å². The van der Waals surface area contributed by atoms with Gasteiger partial charge in [0.2, 0.25) is 0 Å². The molecule has 0 aromatic carbocycles. The highest BCUT2D eigenvalue weighted by Crippen LogP contribution is 2.61. The molecule has 0 heterocycles. The summed E-state index contributed by atoms with van der Waals surface area (Å²) in [6.07, 6.45) is 18.4. The van der Waals surface area contributed by atoms with Crippen molar-refractivity contribution in [3.8, 4) is 0 Å². The molecule has 30 heavy (non-hydrogen) atoms. The topological polar surface area (TPSA) is 0 Å². The molecule has 0 radical (unpaired) electrons. The van der Waals surface area contributed by atoms with Crippen LogP contribution in [0.4, 0.5) is 0 Å². The third-order valence-electron chi connectivity index (χ3n) is 9.85. The molecule has 3 fully saturated rings. The Morgan fingerprint density at radius 2 is 1.53 bits per heavy atom. The van der Waals surface area contributed by atoms with Crippen LogP contribution in [0, 0.1) is 34.0 Å². The fourth-order valence-electron chi connectivity index (χ4n) is 8.05. The zero-order chi connectivity index (χ0) is 22.2. The van der Waals surface area contributed by atoms with Crippen molar-refractivity contribution < 1.29 is 0 Å². The van der Waals surface area contributed by atoms with E-state index in [4.69, 9.17) is 0 Å². The quantitative estimate of drug-likeness (QED) is 0.382. The lowest BCUT2D eigenvalue weighted by Crippen LogP contribution is -2.49. The van der Waals surface area contributed by atoms with Crippen LogP contribution in [-0.4, -0.2) is 0 Å². The van der Waals surface area contributed by atoms with Crippen LogP contribution in [0.3, 0.4) is 0 Å². The smallest absolute Gasteiger partial charge is 0.0146 e. The van der Waals surface area contributed by atoms with Crippen LogP contribution in [0.2, 0.25) is 0 Å². The Balaban J connectivity index is 1.58. The van der Waals surface area contributed by atoms with Gasteiger partial charge in [-0.05, 0) is 112 Å². The lowest BCUT2D eigenvalue weighted by atomic mass is 9.47. The summed E-state index contributed by atoms with van der Waals surface area (Å²) >= 11 is 0. The second-order valence-corrected chi connectivity index (χ2v) is 12.9. The summed E-state index contributed by atoms with van der Waals surface area (Å²) in [5.74, 6) is 2.30. The van der Waals surface area contributed by atoms with Gasteiger partial charge in [-0.3, -0.25) is 0 Å². The van der Waals surface area contributed by atoms with Crippen molar-refractivity contribution in [3.63, 3.8) is 0 Å². The van der Waals surface area contributed by atoms with E-state index in [2.05, 4.69) is 60.8 Å². The molecule has 170 valence electrons. The number of allylic oxidation sites excluding steroid dienone is 4. The average Bonchev–Trinajstić information content (AvgIpc) is 2.62. The van der Waals surface area contributed by atoms with E-state index in [1.807, 2.05) is 0 Å². The Bertz CT molecular complexity index is 672. The van der Waals surface area contributed by atoms with Gasteiger partial charge in [0, 0.05) is 0 Å². The summed E-state index contributed by atoms with van der Waals surface area (Å²) in [4.78, 5) is 0. The van der Waals surface area contributed by atoms with E-state index in [-0.39, 0.29) is 0 Å². The fraction of sp³-hybridized carbons (Fsp3) is 0.800. The molecule has 3 rings (SSSR count). The molecule has 0 aromatic rings. The number of hydrogen-bond donors (Lipinski definition) is 0. The minimum Gasteiger partial charge on any atom is -0.0996 e. The van der Waals surface area contributed by atoms with Gasteiger partial charge in [0.05, 0.1) is 0 Å². The summed E-state index contributed by atoms with van der Waals surface area (Å²) in [5.41, 5.74) is 6.08. The maximum absolute atomic E-state index is 4.57. The molecule has 0 amide bonds. The van der Waals surface area contributed by atoms with Crippen molar-refractivity contribution in [1.29, 1.82) is 0 Å². The van der Waals surface area contributed by atoms with Crippen LogP contribution in [0.5, 0.6) is 0 Å². The highest BCUT2D eigenvalue weighted by atomic mass is 14.6. The van der Waals surface area contributed by atoms with E-state index in [0.717, 1.165) is 11.8 Å².